The first kappa shape index (κ1) is 20.9. The van der Waals surface area contributed by atoms with E-state index in [1.807, 2.05) is 28.0 Å². The molecular weight excluding hydrogens is 424 g/mol. The third-order valence-corrected chi connectivity index (χ3v) is 7.93. The zero-order valence-corrected chi connectivity index (χ0v) is 18.7. The zero-order valence-electron chi connectivity index (χ0n) is 17.9. The number of piperidine rings is 2. The van der Waals surface area contributed by atoms with Crippen molar-refractivity contribution in [3.8, 4) is 0 Å². The number of nitrogens with zero attached hydrogens (tertiary/aromatic N) is 4. The van der Waals surface area contributed by atoms with Crippen LogP contribution in [-0.4, -0.2) is 46.9 Å². The molecule has 2 saturated heterocycles. The van der Waals surface area contributed by atoms with E-state index in [1.165, 1.54) is 9.71 Å². The summed E-state index contributed by atoms with van der Waals surface area (Å²) < 4.78 is 1.23. The topological polar surface area (TPSA) is 79.6 Å². The molecule has 0 unspecified atom stereocenters. The van der Waals surface area contributed by atoms with Crippen LogP contribution in [0.5, 0.6) is 0 Å². The summed E-state index contributed by atoms with van der Waals surface area (Å²) in [6, 6.07) is 15.1. The quantitative estimate of drug-likeness (QED) is 0.420. The largest absolute Gasteiger partial charge is 0.366 e. The van der Waals surface area contributed by atoms with Gasteiger partial charge in [-0.15, -0.1) is 11.3 Å². The van der Waals surface area contributed by atoms with Crippen molar-refractivity contribution in [1.82, 2.24) is 9.88 Å². The maximum atomic E-state index is 13.1. The average molecular weight is 451 g/mol. The van der Waals surface area contributed by atoms with Gasteiger partial charge in [0.2, 0.25) is 5.91 Å². The molecule has 2 aliphatic rings. The van der Waals surface area contributed by atoms with Gasteiger partial charge in [-0.2, -0.15) is 0 Å². The highest BCUT2D eigenvalue weighted by Gasteiger charge is 2.33. The van der Waals surface area contributed by atoms with E-state index in [9.17, 15) is 14.9 Å². The van der Waals surface area contributed by atoms with Crippen LogP contribution in [0.1, 0.15) is 36.6 Å². The summed E-state index contributed by atoms with van der Waals surface area (Å²) in [4.78, 5) is 33.0. The second-order valence-corrected chi connectivity index (χ2v) is 9.69. The summed E-state index contributed by atoms with van der Waals surface area (Å²) in [5.74, 6) is 0.680. The first-order chi connectivity index (χ1) is 15.6. The van der Waals surface area contributed by atoms with Crippen molar-refractivity contribution in [2.75, 3.05) is 31.1 Å². The van der Waals surface area contributed by atoms with Crippen LogP contribution in [0.4, 0.5) is 11.4 Å². The minimum atomic E-state index is -0.331. The van der Waals surface area contributed by atoms with E-state index in [0.29, 0.717) is 24.7 Å². The molecule has 0 aliphatic carbocycles. The summed E-state index contributed by atoms with van der Waals surface area (Å²) >= 11 is 1.77. The number of carbonyl (C=O) groups excluding carboxylic acids is 1. The van der Waals surface area contributed by atoms with Gasteiger partial charge in [0.15, 0.2) is 0 Å². The molecule has 0 atom stereocenters. The number of amides is 1. The minimum Gasteiger partial charge on any atom is -0.366 e. The molecule has 2 aromatic carbocycles. The minimum absolute atomic E-state index is 0.00743. The summed E-state index contributed by atoms with van der Waals surface area (Å²) in [7, 11) is 0. The van der Waals surface area contributed by atoms with Crippen LogP contribution in [0, 0.1) is 16.0 Å². The lowest BCUT2D eigenvalue weighted by Gasteiger charge is -2.37. The van der Waals surface area contributed by atoms with E-state index in [4.69, 9.17) is 4.98 Å². The lowest BCUT2D eigenvalue weighted by atomic mass is 9.92. The Labute approximate surface area is 190 Å². The number of nitro groups is 1. The van der Waals surface area contributed by atoms with Gasteiger partial charge in [0.1, 0.15) is 5.69 Å². The molecule has 3 heterocycles. The van der Waals surface area contributed by atoms with E-state index < -0.39 is 0 Å². The third-order valence-electron chi connectivity index (χ3n) is 6.73. The molecule has 7 nitrogen and oxygen atoms in total. The van der Waals surface area contributed by atoms with Crippen molar-refractivity contribution < 1.29 is 9.72 Å². The van der Waals surface area contributed by atoms with E-state index in [2.05, 4.69) is 12.1 Å². The lowest BCUT2D eigenvalue weighted by Crippen LogP contribution is -2.45. The number of nitro benzene ring substituents is 1. The zero-order chi connectivity index (χ0) is 22.1. The fourth-order valence-electron chi connectivity index (χ4n) is 4.92. The number of thiazole rings is 1. The van der Waals surface area contributed by atoms with E-state index in [1.54, 1.807) is 29.5 Å². The fraction of sp³-hybridized carbons (Fsp3) is 0.417. The van der Waals surface area contributed by atoms with Gasteiger partial charge in [-0.05, 0) is 43.9 Å². The molecule has 8 heteroatoms. The van der Waals surface area contributed by atoms with Gasteiger partial charge in [-0.3, -0.25) is 14.9 Å². The van der Waals surface area contributed by atoms with Crippen LogP contribution in [0.25, 0.3) is 10.2 Å². The van der Waals surface area contributed by atoms with Gasteiger partial charge in [-0.1, -0.05) is 24.3 Å². The van der Waals surface area contributed by atoms with Gasteiger partial charge in [0, 0.05) is 44.1 Å². The van der Waals surface area contributed by atoms with Crippen LogP contribution in [0.3, 0.4) is 0 Å². The molecule has 0 bridgehead atoms. The van der Waals surface area contributed by atoms with Crippen molar-refractivity contribution in [3.63, 3.8) is 0 Å². The molecule has 0 saturated carbocycles. The highest BCUT2D eigenvalue weighted by molar-refractivity contribution is 7.18. The summed E-state index contributed by atoms with van der Waals surface area (Å²) in [5.41, 5.74) is 1.85. The maximum Gasteiger partial charge on any atom is 0.292 e. The van der Waals surface area contributed by atoms with Crippen molar-refractivity contribution in [2.24, 2.45) is 5.92 Å². The highest BCUT2D eigenvalue weighted by Crippen LogP contribution is 2.35. The monoisotopic (exact) mass is 450 g/mol. The van der Waals surface area contributed by atoms with E-state index in [0.717, 1.165) is 44.3 Å². The van der Waals surface area contributed by atoms with Crippen molar-refractivity contribution in [3.05, 3.63) is 63.7 Å². The number of hydrogen-bond donors (Lipinski definition) is 0. The summed E-state index contributed by atoms with van der Waals surface area (Å²) in [6.07, 6.45) is 3.40. The first-order valence-corrected chi connectivity index (χ1v) is 12.0. The van der Waals surface area contributed by atoms with Crippen LogP contribution >= 0.6 is 11.3 Å². The fourth-order valence-corrected chi connectivity index (χ4v) is 6.06. The standard InChI is InChI=1S/C24H26N4O3S/c29-24(18-11-13-26(14-12-18)20-6-2-3-7-21(20)28(30)31)27-15-9-17(10-16-27)23-25-19-5-1-4-8-22(19)32-23/h1-8,17-18H,9-16H2. The molecule has 1 aromatic heterocycles. The molecule has 2 fully saturated rings. The molecule has 0 radical (unpaired) electrons. The third kappa shape index (κ3) is 4.07. The highest BCUT2D eigenvalue weighted by atomic mass is 32.1. The van der Waals surface area contributed by atoms with Gasteiger partial charge in [0.05, 0.1) is 20.1 Å². The van der Waals surface area contributed by atoms with E-state index in [-0.39, 0.29) is 22.4 Å². The molecular formula is C24H26N4O3S. The smallest absolute Gasteiger partial charge is 0.292 e. The molecule has 32 heavy (non-hydrogen) atoms. The Balaban J connectivity index is 1.17. The molecule has 0 spiro atoms. The van der Waals surface area contributed by atoms with Gasteiger partial charge in [-0.25, -0.2) is 4.98 Å². The first-order valence-electron chi connectivity index (χ1n) is 11.2. The number of fused-ring (bicyclic) bond motifs is 1. The van der Waals surface area contributed by atoms with E-state index >= 15 is 0 Å². The Morgan fingerprint density at radius 2 is 1.66 bits per heavy atom. The normalized spacial score (nSPS) is 18.2. The average Bonchev–Trinajstić information content (AvgIpc) is 3.28. The van der Waals surface area contributed by atoms with Crippen LogP contribution in [0.2, 0.25) is 0 Å². The Kier molecular flexibility index (Phi) is 5.78. The predicted octanol–water partition coefficient (Wildman–Crippen LogP) is 4.83. The molecule has 166 valence electrons. The van der Waals surface area contributed by atoms with Crippen LogP contribution in [0.15, 0.2) is 48.5 Å². The summed E-state index contributed by atoms with van der Waals surface area (Å²) in [5, 5.41) is 12.5. The predicted molar refractivity (Wildman–Crippen MR) is 126 cm³/mol. The molecule has 3 aromatic rings. The van der Waals surface area contributed by atoms with Gasteiger partial charge >= 0.3 is 0 Å². The second-order valence-electron chi connectivity index (χ2n) is 8.63. The Hall–Kier alpha value is -3.00. The second kappa shape index (κ2) is 8.86. The molecule has 0 N–H and O–H groups in total. The maximum absolute atomic E-state index is 13.1. The van der Waals surface area contributed by atoms with Gasteiger partial charge in [0.25, 0.3) is 5.69 Å². The number of anilines is 1. The number of para-hydroxylation sites is 3. The van der Waals surface area contributed by atoms with Crippen molar-refractivity contribution >= 4 is 38.8 Å². The number of rotatable bonds is 4. The molecule has 2 aliphatic heterocycles. The van der Waals surface area contributed by atoms with Crippen molar-refractivity contribution in [2.45, 2.75) is 31.6 Å². The number of benzene rings is 2. The van der Waals surface area contributed by atoms with Gasteiger partial charge < -0.3 is 9.80 Å². The number of likely N-dealkylation sites (tertiary alicyclic amines) is 1. The number of hydrogen-bond acceptors (Lipinski definition) is 6. The summed E-state index contributed by atoms with van der Waals surface area (Å²) in [6.45, 7) is 2.90. The molecule has 5 rings (SSSR count). The SMILES string of the molecule is O=C(C1CCN(c2ccccc2[N+](=O)[O-])CC1)N1CCC(c2nc3ccccc3s2)CC1. The Morgan fingerprint density at radius 1 is 0.969 bits per heavy atom. The lowest BCUT2D eigenvalue weighted by molar-refractivity contribution is -0.384. The Bertz CT molecular complexity index is 1100. The van der Waals surface area contributed by atoms with Crippen LogP contribution < -0.4 is 4.90 Å². The van der Waals surface area contributed by atoms with Crippen LogP contribution in [-0.2, 0) is 4.79 Å². The number of aromatic nitrogens is 1. The Morgan fingerprint density at radius 3 is 2.38 bits per heavy atom. The number of carbonyl (C=O) groups is 1. The van der Waals surface area contributed by atoms with Crippen molar-refractivity contribution in [1.29, 1.82) is 0 Å². The molecule has 1 amide bonds.